The fraction of sp³-hybridized carbons (Fsp3) is 0.818. The summed E-state index contributed by atoms with van der Waals surface area (Å²) in [6.45, 7) is 0.428. The average Bonchev–Trinajstić information content (AvgIpc) is 3.10. The predicted molar refractivity (Wildman–Crippen MR) is 67.9 cm³/mol. The van der Waals surface area contributed by atoms with Gasteiger partial charge < -0.3 is 15.7 Å². The van der Waals surface area contributed by atoms with E-state index in [4.69, 9.17) is 5.73 Å². The van der Waals surface area contributed by atoms with E-state index < -0.39 is 12.0 Å². The molecule has 0 aromatic carbocycles. The number of aliphatic carboxylic acids is 1. The molecule has 0 saturated heterocycles. The monoisotopic (exact) mass is 260 g/mol. The van der Waals surface area contributed by atoms with Gasteiger partial charge in [-0.3, -0.25) is 4.79 Å². The molecule has 1 fully saturated rings. The van der Waals surface area contributed by atoms with E-state index in [1.807, 2.05) is 6.26 Å². The number of rotatable bonds is 8. The van der Waals surface area contributed by atoms with Gasteiger partial charge in [-0.05, 0) is 37.2 Å². The van der Waals surface area contributed by atoms with Crippen LogP contribution in [0.15, 0.2) is 0 Å². The van der Waals surface area contributed by atoms with Crippen molar-refractivity contribution < 1.29 is 14.7 Å². The van der Waals surface area contributed by atoms with Crippen LogP contribution in [-0.4, -0.2) is 53.0 Å². The summed E-state index contributed by atoms with van der Waals surface area (Å²) in [5.41, 5.74) is 5.35. The van der Waals surface area contributed by atoms with E-state index in [1.54, 1.807) is 11.8 Å². The smallest absolute Gasteiger partial charge is 0.326 e. The highest BCUT2D eigenvalue weighted by atomic mass is 32.2. The maximum atomic E-state index is 11.7. The van der Waals surface area contributed by atoms with Crippen LogP contribution in [0.4, 0.5) is 0 Å². The van der Waals surface area contributed by atoms with E-state index in [1.165, 1.54) is 4.90 Å². The van der Waals surface area contributed by atoms with Crippen LogP contribution < -0.4 is 5.73 Å². The van der Waals surface area contributed by atoms with Crippen molar-refractivity contribution in [1.82, 2.24) is 4.90 Å². The SMILES string of the molecule is CSCC[C@@H](C(=O)O)N(CC1CC1)C(=O)CN. The van der Waals surface area contributed by atoms with Gasteiger partial charge in [0.25, 0.3) is 0 Å². The molecule has 5 nitrogen and oxygen atoms in total. The maximum absolute atomic E-state index is 11.7. The molecule has 0 aromatic heterocycles. The number of carboxylic acids is 1. The third-order valence-electron chi connectivity index (χ3n) is 2.90. The van der Waals surface area contributed by atoms with Crippen molar-refractivity contribution in [1.29, 1.82) is 0 Å². The molecular formula is C11H20N2O3S. The van der Waals surface area contributed by atoms with Crippen molar-refractivity contribution in [3.05, 3.63) is 0 Å². The van der Waals surface area contributed by atoms with Gasteiger partial charge in [0.1, 0.15) is 6.04 Å². The first-order valence-electron chi connectivity index (χ1n) is 5.81. The number of thioether (sulfide) groups is 1. The van der Waals surface area contributed by atoms with Gasteiger partial charge in [-0.15, -0.1) is 0 Å². The van der Waals surface area contributed by atoms with E-state index in [0.29, 0.717) is 18.9 Å². The summed E-state index contributed by atoms with van der Waals surface area (Å²) in [4.78, 5) is 24.4. The Morgan fingerprint density at radius 2 is 2.18 bits per heavy atom. The Morgan fingerprint density at radius 1 is 1.53 bits per heavy atom. The summed E-state index contributed by atoms with van der Waals surface area (Å²) in [5, 5.41) is 9.20. The van der Waals surface area contributed by atoms with Gasteiger partial charge in [-0.25, -0.2) is 4.79 Å². The van der Waals surface area contributed by atoms with Crippen molar-refractivity contribution in [2.75, 3.05) is 25.1 Å². The van der Waals surface area contributed by atoms with Crippen molar-refractivity contribution >= 4 is 23.6 Å². The van der Waals surface area contributed by atoms with Crippen LogP contribution >= 0.6 is 11.8 Å². The summed E-state index contributed by atoms with van der Waals surface area (Å²) >= 11 is 1.59. The number of carbonyl (C=O) groups is 2. The first kappa shape index (κ1) is 14.3. The van der Waals surface area contributed by atoms with Crippen LogP contribution in [0, 0.1) is 5.92 Å². The van der Waals surface area contributed by atoms with Crippen LogP contribution in [0.5, 0.6) is 0 Å². The van der Waals surface area contributed by atoms with E-state index in [-0.39, 0.29) is 12.5 Å². The zero-order chi connectivity index (χ0) is 12.8. The summed E-state index contributed by atoms with van der Waals surface area (Å²) in [7, 11) is 0. The highest BCUT2D eigenvalue weighted by Gasteiger charge is 2.33. The van der Waals surface area contributed by atoms with Gasteiger partial charge in [0.15, 0.2) is 0 Å². The lowest BCUT2D eigenvalue weighted by Crippen LogP contribution is -2.48. The Morgan fingerprint density at radius 3 is 2.59 bits per heavy atom. The second kappa shape index (κ2) is 6.86. The molecule has 1 saturated carbocycles. The minimum absolute atomic E-state index is 0.115. The van der Waals surface area contributed by atoms with Gasteiger partial charge in [-0.2, -0.15) is 11.8 Å². The summed E-state index contributed by atoms with van der Waals surface area (Å²) in [6, 6.07) is -0.723. The normalized spacial score (nSPS) is 16.6. The molecule has 3 N–H and O–H groups in total. The average molecular weight is 260 g/mol. The van der Waals surface area contributed by atoms with Crippen molar-refractivity contribution in [2.24, 2.45) is 11.7 Å². The minimum Gasteiger partial charge on any atom is -0.480 e. The number of carboxylic acid groups (broad SMARTS) is 1. The van der Waals surface area contributed by atoms with Crippen LogP contribution in [0.2, 0.25) is 0 Å². The van der Waals surface area contributed by atoms with Crippen molar-refractivity contribution in [3.63, 3.8) is 0 Å². The van der Waals surface area contributed by atoms with Crippen LogP contribution in [0.25, 0.3) is 0 Å². The molecular weight excluding hydrogens is 240 g/mol. The maximum Gasteiger partial charge on any atom is 0.326 e. The fourth-order valence-electron chi connectivity index (χ4n) is 1.74. The first-order valence-corrected chi connectivity index (χ1v) is 7.20. The molecule has 98 valence electrons. The molecule has 1 aliphatic carbocycles. The molecule has 6 heteroatoms. The predicted octanol–water partition coefficient (Wildman–Crippen LogP) is 0.390. The number of amides is 1. The second-order valence-electron chi connectivity index (χ2n) is 4.33. The largest absolute Gasteiger partial charge is 0.480 e. The molecule has 1 atom stereocenters. The lowest BCUT2D eigenvalue weighted by molar-refractivity contribution is -0.150. The number of nitrogens with two attached hydrogens (primary N) is 1. The topological polar surface area (TPSA) is 83.6 Å². The molecule has 1 aliphatic rings. The molecule has 0 aromatic rings. The van der Waals surface area contributed by atoms with Crippen LogP contribution in [-0.2, 0) is 9.59 Å². The first-order chi connectivity index (χ1) is 8.10. The molecule has 1 rings (SSSR count). The molecule has 17 heavy (non-hydrogen) atoms. The van der Waals surface area contributed by atoms with E-state index in [2.05, 4.69) is 0 Å². The van der Waals surface area contributed by atoms with Gasteiger partial charge >= 0.3 is 5.97 Å². The van der Waals surface area contributed by atoms with E-state index >= 15 is 0 Å². The van der Waals surface area contributed by atoms with Crippen LogP contribution in [0.3, 0.4) is 0 Å². The van der Waals surface area contributed by atoms with E-state index in [0.717, 1.165) is 18.6 Å². The Labute approximate surface area is 106 Å². The fourth-order valence-corrected chi connectivity index (χ4v) is 2.20. The lowest BCUT2D eigenvalue weighted by Gasteiger charge is -2.28. The summed E-state index contributed by atoms with van der Waals surface area (Å²) < 4.78 is 0. The van der Waals surface area contributed by atoms with Gasteiger partial charge in [0.2, 0.25) is 5.91 Å². The van der Waals surface area contributed by atoms with Crippen molar-refractivity contribution in [3.8, 4) is 0 Å². The molecule has 1 amide bonds. The van der Waals surface area contributed by atoms with E-state index in [9.17, 15) is 14.7 Å². The third kappa shape index (κ3) is 4.55. The zero-order valence-corrected chi connectivity index (χ0v) is 10.9. The molecule has 0 bridgehead atoms. The molecule has 0 spiro atoms. The molecule has 0 unspecified atom stereocenters. The Kier molecular flexibility index (Phi) is 5.77. The third-order valence-corrected chi connectivity index (χ3v) is 3.55. The number of hydrogen-bond donors (Lipinski definition) is 2. The number of nitrogens with zero attached hydrogens (tertiary/aromatic N) is 1. The zero-order valence-electron chi connectivity index (χ0n) is 10.1. The Bertz CT molecular complexity index is 282. The number of carbonyl (C=O) groups excluding carboxylic acids is 1. The van der Waals surface area contributed by atoms with Crippen LogP contribution in [0.1, 0.15) is 19.3 Å². The highest BCUT2D eigenvalue weighted by Crippen LogP contribution is 2.30. The highest BCUT2D eigenvalue weighted by molar-refractivity contribution is 7.98. The quantitative estimate of drug-likeness (QED) is 0.659. The Balaban J connectivity index is 2.66. The Hall–Kier alpha value is -0.750. The summed E-state index contributed by atoms with van der Waals surface area (Å²) in [6.07, 6.45) is 4.58. The lowest BCUT2D eigenvalue weighted by atomic mass is 10.1. The molecule has 0 aliphatic heterocycles. The van der Waals surface area contributed by atoms with Gasteiger partial charge in [0.05, 0.1) is 6.54 Å². The standard InChI is InChI=1S/C11H20N2O3S/c1-17-5-4-9(11(15)16)13(10(14)6-12)7-8-2-3-8/h8-9H,2-7,12H2,1H3,(H,15,16)/t9-/m0/s1. The molecule has 0 radical (unpaired) electrons. The van der Waals surface area contributed by atoms with Gasteiger partial charge in [0, 0.05) is 6.54 Å². The van der Waals surface area contributed by atoms with Crippen molar-refractivity contribution in [2.45, 2.75) is 25.3 Å². The minimum atomic E-state index is -0.929. The molecule has 0 heterocycles. The summed E-state index contributed by atoms with van der Waals surface area (Å²) in [5.74, 6) is 0.0178. The van der Waals surface area contributed by atoms with Gasteiger partial charge in [-0.1, -0.05) is 0 Å². The second-order valence-corrected chi connectivity index (χ2v) is 5.31. The number of hydrogen-bond acceptors (Lipinski definition) is 4.